The number of pyridine rings is 1. The van der Waals surface area contributed by atoms with Gasteiger partial charge in [0.05, 0.1) is 12.1 Å². The molecule has 0 bridgehead atoms. The SMILES string of the molecule is CC[C@@H](C)CCc1nc2c(c(N3CCOc4ccc(-c5cnc6nc(C)[nH]c6c5)cc4C3)n1)CC(C)(C)CC2. The first-order valence-corrected chi connectivity index (χ1v) is 14.5. The minimum Gasteiger partial charge on any atom is -0.491 e. The van der Waals surface area contributed by atoms with Gasteiger partial charge in [-0.25, -0.2) is 19.9 Å². The molecule has 4 heterocycles. The molecule has 1 atom stereocenters. The van der Waals surface area contributed by atoms with Gasteiger partial charge in [0, 0.05) is 41.5 Å². The van der Waals surface area contributed by atoms with Crippen LogP contribution in [0, 0.1) is 18.3 Å². The number of nitrogens with zero attached hydrogens (tertiary/aromatic N) is 5. The fourth-order valence-electron chi connectivity index (χ4n) is 5.86. The number of fused-ring (bicyclic) bond motifs is 3. The van der Waals surface area contributed by atoms with Crippen molar-refractivity contribution < 1.29 is 4.74 Å². The standard InChI is InChI=1S/C32H40N6O/c1-6-20(2)7-10-29-36-26-11-12-32(4,5)17-25(26)31(37-29)38-13-14-39-28-9-8-22(15-24(28)19-38)23-16-27-30(33-18-23)35-21(3)34-27/h8-9,15-16,18,20H,6-7,10-14,17,19H2,1-5H3,(H,33,34,35)/t20-/m1/s1. The zero-order valence-electron chi connectivity index (χ0n) is 24.0. The number of imidazole rings is 1. The summed E-state index contributed by atoms with van der Waals surface area (Å²) in [4.78, 5) is 25.1. The van der Waals surface area contributed by atoms with Crippen LogP contribution in [0.15, 0.2) is 30.5 Å². The Hall–Kier alpha value is -3.48. The predicted molar refractivity (Wildman–Crippen MR) is 156 cm³/mol. The molecule has 1 aliphatic carbocycles. The van der Waals surface area contributed by atoms with Crippen LogP contribution in [0.5, 0.6) is 5.75 Å². The third-order valence-corrected chi connectivity index (χ3v) is 8.50. The molecule has 2 aliphatic rings. The molecule has 0 saturated carbocycles. The van der Waals surface area contributed by atoms with E-state index >= 15 is 0 Å². The minimum atomic E-state index is 0.257. The fraction of sp³-hybridized carbons (Fsp3) is 0.500. The molecule has 4 aromatic rings. The first-order valence-electron chi connectivity index (χ1n) is 14.5. The summed E-state index contributed by atoms with van der Waals surface area (Å²) in [5.74, 6) is 4.62. The lowest BCUT2D eigenvalue weighted by Crippen LogP contribution is -2.32. The number of aromatic nitrogens is 5. The Balaban J connectivity index is 1.35. The van der Waals surface area contributed by atoms with E-state index < -0.39 is 0 Å². The number of hydrogen-bond donors (Lipinski definition) is 1. The molecule has 0 fully saturated rings. The first kappa shape index (κ1) is 25.8. The first-order chi connectivity index (χ1) is 18.8. The largest absolute Gasteiger partial charge is 0.491 e. The summed E-state index contributed by atoms with van der Waals surface area (Å²) in [5.41, 5.74) is 7.93. The van der Waals surface area contributed by atoms with Gasteiger partial charge in [-0.15, -0.1) is 0 Å². The highest BCUT2D eigenvalue weighted by atomic mass is 16.5. The summed E-state index contributed by atoms with van der Waals surface area (Å²) >= 11 is 0. The number of rotatable bonds is 6. The number of hydrogen-bond acceptors (Lipinski definition) is 6. The van der Waals surface area contributed by atoms with Crippen molar-refractivity contribution in [3.63, 3.8) is 0 Å². The van der Waals surface area contributed by atoms with E-state index in [0.29, 0.717) is 12.5 Å². The smallest absolute Gasteiger partial charge is 0.177 e. The third-order valence-electron chi connectivity index (χ3n) is 8.50. The number of anilines is 1. The van der Waals surface area contributed by atoms with Crippen LogP contribution in [-0.4, -0.2) is 38.1 Å². The van der Waals surface area contributed by atoms with E-state index in [9.17, 15) is 0 Å². The van der Waals surface area contributed by atoms with Crippen molar-refractivity contribution in [3.05, 3.63) is 58.9 Å². The van der Waals surface area contributed by atoms with Crippen molar-refractivity contribution in [2.75, 3.05) is 18.1 Å². The van der Waals surface area contributed by atoms with Crippen molar-refractivity contribution in [2.45, 2.75) is 79.7 Å². The number of aryl methyl sites for hydroxylation is 3. The van der Waals surface area contributed by atoms with Crippen LogP contribution >= 0.6 is 0 Å². The van der Waals surface area contributed by atoms with Crippen molar-refractivity contribution in [2.24, 2.45) is 11.3 Å². The Bertz CT molecular complexity index is 1510. The van der Waals surface area contributed by atoms with E-state index in [1.54, 1.807) is 0 Å². The zero-order valence-corrected chi connectivity index (χ0v) is 24.0. The Kier molecular flexibility index (Phi) is 6.77. The molecule has 0 amide bonds. The van der Waals surface area contributed by atoms with E-state index in [2.05, 4.69) is 71.8 Å². The lowest BCUT2D eigenvalue weighted by molar-refractivity contribution is 0.310. The van der Waals surface area contributed by atoms with E-state index in [1.807, 2.05) is 13.1 Å². The lowest BCUT2D eigenvalue weighted by atomic mass is 9.76. The van der Waals surface area contributed by atoms with E-state index in [-0.39, 0.29) is 5.41 Å². The highest BCUT2D eigenvalue weighted by Gasteiger charge is 2.31. The van der Waals surface area contributed by atoms with Crippen molar-refractivity contribution in [1.82, 2.24) is 24.9 Å². The van der Waals surface area contributed by atoms with Gasteiger partial charge >= 0.3 is 0 Å². The fourth-order valence-corrected chi connectivity index (χ4v) is 5.86. The summed E-state index contributed by atoms with van der Waals surface area (Å²) < 4.78 is 6.26. The van der Waals surface area contributed by atoms with Gasteiger partial charge in [-0.2, -0.15) is 0 Å². The molecule has 3 aromatic heterocycles. The van der Waals surface area contributed by atoms with Gasteiger partial charge in [0.15, 0.2) is 5.65 Å². The molecule has 7 heteroatoms. The Morgan fingerprint density at radius 2 is 2.00 bits per heavy atom. The molecule has 1 N–H and O–H groups in total. The van der Waals surface area contributed by atoms with Gasteiger partial charge in [-0.1, -0.05) is 40.2 Å². The van der Waals surface area contributed by atoms with Crippen LogP contribution in [0.3, 0.4) is 0 Å². The Morgan fingerprint density at radius 3 is 2.85 bits per heavy atom. The van der Waals surface area contributed by atoms with Crippen LogP contribution < -0.4 is 9.64 Å². The van der Waals surface area contributed by atoms with Gasteiger partial charge in [-0.05, 0) is 67.7 Å². The number of ether oxygens (including phenoxy) is 1. The van der Waals surface area contributed by atoms with Crippen LogP contribution in [0.1, 0.15) is 75.4 Å². The zero-order chi connectivity index (χ0) is 27.1. The monoisotopic (exact) mass is 524 g/mol. The average molecular weight is 525 g/mol. The normalized spacial score (nSPS) is 17.3. The maximum absolute atomic E-state index is 6.26. The van der Waals surface area contributed by atoms with Crippen molar-refractivity contribution in [1.29, 1.82) is 0 Å². The summed E-state index contributed by atoms with van der Waals surface area (Å²) in [5, 5.41) is 0. The molecule has 0 radical (unpaired) electrons. The molecule has 39 heavy (non-hydrogen) atoms. The summed E-state index contributed by atoms with van der Waals surface area (Å²) in [6, 6.07) is 8.61. The molecule has 0 unspecified atom stereocenters. The van der Waals surface area contributed by atoms with Gasteiger partial charge in [0.25, 0.3) is 0 Å². The summed E-state index contributed by atoms with van der Waals surface area (Å²) in [7, 11) is 0. The van der Waals surface area contributed by atoms with Crippen molar-refractivity contribution in [3.8, 4) is 16.9 Å². The summed E-state index contributed by atoms with van der Waals surface area (Å²) in [6.07, 6.45) is 8.38. The predicted octanol–water partition coefficient (Wildman–Crippen LogP) is 6.62. The highest BCUT2D eigenvalue weighted by molar-refractivity contribution is 5.78. The second-order valence-corrected chi connectivity index (χ2v) is 12.3. The minimum absolute atomic E-state index is 0.257. The number of benzene rings is 1. The number of H-pyrrole nitrogens is 1. The lowest BCUT2D eigenvalue weighted by Gasteiger charge is -2.34. The topological polar surface area (TPSA) is 79.8 Å². The second kappa shape index (κ2) is 10.2. The molecule has 1 aliphatic heterocycles. The maximum atomic E-state index is 6.26. The average Bonchev–Trinajstić information content (AvgIpc) is 3.16. The molecule has 7 nitrogen and oxygen atoms in total. The number of nitrogens with one attached hydrogen (secondary N) is 1. The molecular weight excluding hydrogens is 484 g/mol. The molecule has 204 valence electrons. The molecular formula is C32H40N6O. The van der Waals surface area contributed by atoms with Gasteiger partial charge in [-0.3, -0.25) is 0 Å². The Labute approximate surface area is 231 Å². The van der Waals surface area contributed by atoms with E-state index in [1.165, 1.54) is 29.7 Å². The molecule has 1 aromatic carbocycles. The highest BCUT2D eigenvalue weighted by Crippen LogP contribution is 2.39. The van der Waals surface area contributed by atoms with E-state index in [0.717, 1.165) is 84.3 Å². The molecule has 0 saturated heterocycles. The number of aromatic amines is 1. The van der Waals surface area contributed by atoms with Crippen LogP contribution in [0.25, 0.3) is 22.3 Å². The van der Waals surface area contributed by atoms with Gasteiger partial charge in [0.1, 0.15) is 29.8 Å². The van der Waals surface area contributed by atoms with Crippen LogP contribution in [0.4, 0.5) is 5.82 Å². The van der Waals surface area contributed by atoms with Crippen LogP contribution in [-0.2, 0) is 25.8 Å². The third kappa shape index (κ3) is 5.36. The van der Waals surface area contributed by atoms with Gasteiger partial charge in [0.2, 0.25) is 0 Å². The second-order valence-electron chi connectivity index (χ2n) is 12.3. The Morgan fingerprint density at radius 1 is 1.13 bits per heavy atom. The van der Waals surface area contributed by atoms with Gasteiger partial charge < -0.3 is 14.6 Å². The summed E-state index contributed by atoms with van der Waals surface area (Å²) in [6.45, 7) is 13.5. The quantitative estimate of drug-likeness (QED) is 0.305. The maximum Gasteiger partial charge on any atom is 0.177 e. The van der Waals surface area contributed by atoms with E-state index in [4.69, 9.17) is 14.7 Å². The van der Waals surface area contributed by atoms with Crippen LogP contribution in [0.2, 0.25) is 0 Å². The molecule has 6 rings (SSSR count). The van der Waals surface area contributed by atoms with Crippen molar-refractivity contribution >= 4 is 17.0 Å². The molecule has 0 spiro atoms.